The molecule has 0 aliphatic carbocycles. The third-order valence-corrected chi connectivity index (χ3v) is 3.76. The van der Waals surface area contributed by atoms with E-state index in [2.05, 4.69) is 0 Å². The lowest BCUT2D eigenvalue weighted by Gasteiger charge is -2.34. The van der Waals surface area contributed by atoms with Crippen molar-refractivity contribution < 1.29 is 19.4 Å². The summed E-state index contributed by atoms with van der Waals surface area (Å²) in [6.45, 7) is 3.45. The van der Waals surface area contributed by atoms with E-state index in [-0.39, 0.29) is 24.9 Å². The monoisotopic (exact) mass is 291 g/mol. The Kier molecular flexibility index (Phi) is 5.33. The Morgan fingerprint density at radius 2 is 1.86 bits per heavy atom. The van der Waals surface area contributed by atoms with Crippen LogP contribution < -0.4 is 0 Å². The van der Waals surface area contributed by atoms with Crippen molar-refractivity contribution in [3.8, 4) is 0 Å². The first kappa shape index (κ1) is 15.5. The van der Waals surface area contributed by atoms with E-state index < -0.39 is 5.97 Å². The molecule has 0 aromatic heterocycles. The molecule has 0 radical (unpaired) electrons. The number of ether oxygens (including phenoxy) is 1. The minimum absolute atomic E-state index is 0.0328. The van der Waals surface area contributed by atoms with E-state index >= 15 is 0 Å². The average molecular weight is 291 g/mol. The van der Waals surface area contributed by atoms with Crippen LogP contribution in [0.2, 0.25) is 0 Å². The molecule has 1 heterocycles. The summed E-state index contributed by atoms with van der Waals surface area (Å²) in [4.78, 5) is 25.2. The number of aryl methyl sites for hydroxylation is 1. The molecule has 1 aromatic rings. The second kappa shape index (κ2) is 7.22. The van der Waals surface area contributed by atoms with Crippen molar-refractivity contribution in [1.82, 2.24) is 4.90 Å². The molecule has 0 atom stereocenters. The predicted octanol–water partition coefficient (Wildman–Crippen LogP) is 2.09. The molecule has 1 aliphatic rings. The van der Waals surface area contributed by atoms with Crippen molar-refractivity contribution in [2.45, 2.75) is 32.2 Å². The second-order valence-electron chi connectivity index (χ2n) is 5.35. The minimum Gasteiger partial charge on any atom is -0.481 e. The molecular weight excluding hydrogens is 270 g/mol. The highest BCUT2D eigenvalue weighted by molar-refractivity contribution is 5.94. The smallest absolute Gasteiger partial charge is 0.305 e. The van der Waals surface area contributed by atoms with Crippen molar-refractivity contribution in [1.29, 1.82) is 0 Å². The van der Waals surface area contributed by atoms with Gasteiger partial charge in [0.25, 0.3) is 5.91 Å². The van der Waals surface area contributed by atoms with Crippen molar-refractivity contribution in [2.24, 2.45) is 0 Å². The lowest BCUT2D eigenvalue weighted by atomic mass is 10.0. The van der Waals surface area contributed by atoms with E-state index in [9.17, 15) is 9.59 Å². The number of nitrogens with zero attached hydrogens (tertiary/aromatic N) is 1. The van der Waals surface area contributed by atoms with Crippen molar-refractivity contribution in [3.05, 3.63) is 35.4 Å². The van der Waals surface area contributed by atoms with Gasteiger partial charge in [-0.25, -0.2) is 0 Å². The number of amides is 1. The Morgan fingerprint density at radius 1 is 1.24 bits per heavy atom. The van der Waals surface area contributed by atoms with Crippen LogP contribution in [0.25, 0.3) is 0 Å². The summed E-state index contributed by atoms with van der Waals surface area (Å²) >= 11 is 0. The number of carboxylic acid groups (broad SMARTS) is 1. The van der Waals surface area contributed by atoms with Crippen molar-refractivity contribution in [2.75, 3.05) is 19.8 Å². The van der Waals surface area contributed by atoms with Crippen molar-refractivity contribution >= 4 is 11.9 Å². The van der Waals surface area contributed by atoms with Gasteiger partial charge in [0.1, 0.15) is 0 Å². The summed E-state index contributed by atoms with van der Waals surface area (Å²) in [5.74, 6) is -0.980. The molecule has 1 aromatic carbocycles. The molecular formula is C16H21NO4. The highest BCUT2D eigenvalue weighted by Gasteiger charge is 2.26. The summed E-state index contributed by atoms with van der Waals surface area (Å²) in [7, 11) is 0. The average Bonchev–Trinajstić information content (AvgIpc) is 2.49. The molecule has 1 amide bonds. The number of aliphatic carboxylic acids is 1. The van der Waals surface area contributed by atoms with Crippen LogP contribution in [0.3, 0.4) is 0 Å². The normalized spacial score (nSPS) is 15.7. The van der Waals surface area contributed by atoms with E-state index in [4.69, 9.17) is 9.84 Å². The van der Waals surface area contributed by atoms with Crippen LogP contribution in [-0.2, 0) is 9.53 Å². The molecule has 5 heteroatoms. The Hall–Kier alpha value is -1.88. The van der Waals surface area contributed by atoms with Gasteiger partial charge < -0.3 is 14.7 Å². The highest BCUT2D eigenvalue weighted by atomic mass is 16.5. The molecule has 2 rings (SSSR count). The largest absolute Gasteiger partial charge is 0.481 e. The van der Waals surface area contributed by atoms with Crippen molar-refractivity contribution in [3.63, 3.8) is 0 Å². The van der Waals surface area contributed by atoms with Crippen LogP contribution in [0.1, 0.15) is 35.2 Å². The van der Waals surface area contributed by atoms with Crippen LogP contribution in [0.4, 0.5) is 0 Å². The van der Waals surface area contributed by atoms with Gasteiger partial charge in [0, 0.05) is 31.4 Å². The molecule has 1 N–H and O–H groups in total. The molecule has 1 saturated heterocycles. The number of hydrogen-bond donors (Lipinski definition) is 1. The van der Waals surface area contributed by atoms with Gasteiger partial charge in [-0.05, 0) is 31.9 Å². The SMILES string of the molecule is Cc1ccc(C(=O)N(CCC(=O)O)C2CCOCC2)cc1. The number of hydrogen-bond acceptors (Lipinski definition) is 3. The second-order valence-corrected chi connectivity index (χ2v) is 5.35. The van der Waals surface area contributed by atoms with Gasteiger partial charge in [-0.15, -0.1) is 0 Å². The Morgan fingerprint density at radius 3 is 2.43 bits per heavy atom. The standard InChI is InChI=1S/C16H21NO4/c1-12-2-4-13(5-3-12)16(20)17(9-6-15(18)19)14-7-10-21-11-8-14/h2-5,14H,6-11H2,1H3,(H,18,19). The molecule has 5 nitrogen and oxygen atoms in total. The third-order valence-electron chi connectivity index (χ3n) is 3.76. The first-order valence-electron chi connectivity index (χ1n) is 7.25. The highest BCUT2D eigenvalue weighted by Crippen LogP contribution is 2.18. The number of carbonyl (C=O) groups excluding carboxylic acids is 1. The fraction of sp³-hybridized carbons (Fsp3) is 0.500. The first-order chi connectivity index (χ1) is 10.1. The van der Waals surface area contributed by atoms with Crippen LogP contribution in [-0.4, -0.2) is 47.7 Å². The van der Waals surface area contributed by atoms with Gasteiger partial charge in [-0.3, -0.25) is 9.59 Å². The zero-order valence-corrected chi connectivity index (χ0v) is 12.2. The van der Waals surface area contributed by atoms with E-state index in [1.807, 2.05) is 19.1 Å². The Balaban J connectivity index is 2.14. The van der Waals surface area contributed by atoms with Crippen LogP contribution >= 0.6 is 0 Å². The van der Waals surface area contributed by atoms with Crippen LogP contribution in [0.5, 0.6) is 0 Å². The number of rotatable bonds is 5. The molecule has 0 spiro atoms. The summed E-state index contributed by atoms with van der Waals surface area (Å²) in [6.07, 6.45) is 1.49. The molecule has 1 fully saturated rings. The fourth-order valence-electron chi connectivity index (χ4n) is 2.52. The summed E-state index contributed by atoms with van der Waals surface area (Å²) in [6, 6.07) is 7.45. The van der Waals surface area contributed by atoms with Gasteiger partial charge in [-0.2, -0.15) is 0 Å². The maximum Gasteiger partial charge on any atom is 0.305 e. The summed E-state index contributed by atoms with van der Waals surface area (Å²) in [5, 5.41) is 8.89. The number of carbonyl (C=O) groups is 2. The molecule has 1 aliphatic heterocycles. The van der Waals surface area contributed by atoms with Gasteiger partial charge in [0.05, 0.1) is 6.42 Å². The first-order valence-corrected chi connectivity index (χ1v) is 7.25. The van der Waals surface area contributed by atoms with Gasteiger partial charge >= 0.3 is 5.97 Å². The predicted molar refractivity (Wildman–Crippen MR) is 78.3 cm³/mol. The Labute approximate surface area is 124 Å². The van der Waals surface area contributed by atoms with E-state index in [0.29, 0.717) is 18.8 Å². The van der Waals surface area contributed by atoms with Gasteiger partial charge in [-0.1, -0.05) is 17.7 Å². The topological polar surface area (TPSA) is 66.8 Å². The molecule has 21 heavy (non-hydrogen) atoms. The van der Waals surface area contributed by atoms with Gasteiger partial charge in [0.2, 0.25) is 0 Å². The fourth-order valence-corrected chi connectivity index (χ4v) is 2.52. The van der Waals surface area contributed by atoms with Gasteiger partial charge in [0.15, 0.2) is 0 Å². The zero-order valence-electron chi connectivity index (χ0n) is 12.2. The quantitative estimate of drug-likeness (QED) is 0.902. The third kappa shape index (κ3) is 4.29. The lowest BCUT2D eigenvalue weighted by Crippen LogP contribution is -2.44. The zero-order chi connectivity index (χ0) is 15.2. The number of carboxylic acids is 1. The molecule has 0 bridgehead atoms. The molecule has 0 saturated carbocycles. The van der Waals surface area contributed by atoms with E-state index in [0.717, 1.165) is 18.4 Å². The van der Waals surface area contributed by atoms with E-state index in [1.54, 1.807) is 17.0 Å². The minimum atomic E-state index is -0.885. The lowest BCUT2D eigenvalue weighted by molar-refractivity contribution is -0.137. The van der Waals surface area contributed by atoms with Crippen LogP contribution in [0.15, 0.2) is 24.3 Å². The van der Waals surface area contributed by atoms with Crippen LogP contribution in [0, 0.1) is 6.92 Å². The molecule has 0 unspecified atom stereocenters. The maximum absolute atomic E-state index is 12.7. The maximum atomic E-state index is 12.7. The summed E-state index contributed by atoms with van der Waals surface area (Å²) in [5.41, 5.74) is 1.70. The van der Waals surface area contributed by atoms with E-state index in [1.165, 1.54) is 0 Å². The Bertz CT molecular complexity index is 492. The molecule has 114 valence electrons. The summed E-state index contributed by atoms with van der Waals surface area (Å²) < 4.78 is 5.32. The number of benzene rings is 1.